The van der Waals surface area contributed by atoms with Gasteiger partial charge in [-0.1, -0.05) is 6.92 Å². The topological polar surface area (TPSA) is 79.0 Å². The number of piperazine rings is 1. The average Bonchev–Trinajstić information content (AvgIpc) is 2.61. The molecule has 0 aromatic heterocycles. The molecular weight excluding hydrogens is 342 g/mol. The molecule has 0 aliphatic carbocycles. The summed E-state index contributed by atoms with van der Waals surface area (Å²) in [5.74, 6) is 0.693. The summed E-state index contributed by atoms with van der Waals surface area (Å²) in [5.41, 5.74) is 0.792. The van der Waals surface area contributed by atoms with E-state index in [4.69, 9.17) is 4.74 Å². The Hall–Kier alpha value is -1.80. The minimum atomic E-state index is -3.56. The highest BCUT2D eigenvalue weighted by atomic mass is 32.2. The molecule has 1 aliphatic rings. The van der Waals surface area contributed by atoms with E-state index in [9.17, 15) is 13.2 Å². The van der Waals surface area contributed by atoms with Crippen LogP contribution in [0.5, 0.6) is 5.75 Å². The number of carbonyl (C=O) groups is 1. The van der Waals surface area contributed by atoms with Gasteiger partial charge in [-0.2, -0.15) is 4.31 Å². The second-order valence-electron chi connectivity index (χ2n) is 5.98. The third kappa shape index (κ3) is 4.64. The van der Waals surface area contributed by atoms with Crippen molar-refractivity contribution in [2.24, 2.45) is 0 Å². The number of aryl methyl sites for hydroxylation is 1. The highest BCUT2D eigenvalue weighted by molar-refractivity contribution is 7.89. The maximum absolute atomic E-state index is 12.8. The molecule has 2 rings (SSSR count). The predicted octanol–water partition coefficient (Wildman–Crippen LogP) is 1.82. The second kappa shape index (κ2) is 8.53. The molecule has 1 aromatic rings. The minimum absolute atomic E-state index is 0.129. The van der Waals surface area contributed by atoms with Gasteiger partial charge in [0.1, 0.15) is 5.75 Å². The van der Waals surface area contributed by atoms with E-state index in [2.05, 4.69) is 5.32 Å². The van der Waals surface area contributed by atoms with Crippen LogP contribution in [0.3, 0.4) is 0 Å². The molecule has 0 bridgehead atoms. The van der Waals surface area contributed by atoms with Crippen molar-refractivity contribution in [1.82, 2.24) is 14.5 Å². The van der Waals surface area contributed by atoms with Gasteiger partial charge >= 0.3 is 6.03 Å². The summed E-state index contributed by atoms with van der Waals surface area (Å²) in [5, 5.41) is 2.82. The molecule has 1 N–H and O–H groups in total. The zero-order valence-electron chi connectivity index (χ0n) is 15.1. The van der Waals surface area contributed by atoms with Crippen molar-refractivity contribution in [2.45, 2.75) is 32.1 Å². The number of amides is 2. The van der Waals surface area contributed by atoms with Gasteiger partial charge in [0.25, 0.3) is 0 Å². The maximum Gasteiger partial charge on any atom is 0.317 e. The number of benzene rings is 1. The number of ether oxygens (including phenoxy) is 1. The van der Waals surface area contributed by atoms with Gasteiger partial charge in [0.15, 0.2) is 0 Å². The van der Waals surface area contributed by atoms with Crippen LogP contribution < -0.4 is 10.1 Å². The van der Waals surface area contributed by atoms with Crippen molar-refractivity contribution in [2.75, 3.05) is 39.3 Å². The lowest BCUT2D eigenvalue weighted by Gasteiger charge is -2.34. The number of sulfonamides is 1. The Morgan fingerprint density at radius 3 is 2.44 bits per heavy atom. The summed E-state index contributed by atoms with van der Waals surface area (Å²) >= 11 is 0. The molecule has 1 aromatic carbocycles. The average molecular weight is 369 g/mol. The number of hydrogen-bond donors (Lipinski definition) is 1. The quantitative estimate of drug-likeness (QED) is 0.830. The van der Waals surface area contributed by atoms with Crippen LogP contribution >= 0.6 is 0 Å². The van der Waals surface area contributed by atoms with Crippen LogP contribution in [0.25, 0.3) is 0 Å². The van der Waals surface area contributed by atoms with Gasteiger partial charge in [0.05, 0.1) is 11.5 Å². The molecule has 25 heavy (non-hydrogen) atoms. The smallest absolute Gasteiger partial charge is 0.317 e. The molecule has 1 saturated heterocycles. The van der Waals surface area contributed by atoms with Crippen LogP contribution in [0.4, 0.5) is 4.79 Å². The Kier molecular flexibility index (Phi) is 6.66. The molecule has 0 radical (unpaired) electrons. The largest absolute Gasteiger partial charge is 0.494 e. The number of urea groups is 1. The first-order chi connectivity index (χ1) is 11.9. The molecule has 140 valence electrons. The minimum Gasteiger partial charge on any atom is -0.494 e. The van der Waals surface area contributed by atoms with Crippen molar-refractivity contribution >= 4 is 16.1 Å². The van der Waals surface area contributed by atoms with E-state index in [1.165, 1.54) is 4.31 Å². The highest BCUT2D eigenvalue weighted by Crippen LogP contribution is 2.24. The Balaban J connectivity index is 2.04. The van der Waals surface area contributed by atoms with Crippen LogP contribution in [0.15, 0.2) is 23.1 Å². The van der Waals surface area contributed by atoms with Gasteiger partial charge < -0.3 is 15.0 Å². The van der Waals surface area contributed by atoms with Crippen LogP contribution in [0.2, 0.25) is 0 Å². The summed E-state index contributed by atoms with van der Waals surface area (Å²) in [4.78, 5) is 13.9. The van der Waals surface area contributed by atoms with E-state index >= 15 is 0 Å². The van der Waals surface area contributed by atoms with Gasteiger partial charge in [-0.15, -0.1) is 0 Å². The van der Waals surface area contributed by atoms with Crippen LogP contribution in [0.1, 0.15) is 25.8 Å². The lowest BCUT2D eigenvalue weighted by Crippen LogP contribution is -2.53. The molecular formula is C17H27N3O4S. The van der Waals surface area contributed by atoms with Crippen LogP contribution in [-0.4, -0.2) is 63.0 Å². The molecule has 7 nitrogen and oxygen atoms in total. The van der Waals surface area contributed by atoms with Gasteiger partial charge in [-0.05, 0) is 44.0 Å². The Bertz CT molecular complexity index is 698. The summed E-state index contributed by atoms with van der Waals surface area (Å²) in [6, 6.07) is 4.78. The Morgan fingerprint density at radius 1 is 1.20 bits per heavy atom. The molecule has 0 spiro atoms. The molecule has 0 unspecified atom stereocenters. The van der Waals surface area contributed by atoms with Gasteiger partial charge in [-0.3, -0.25) is 0 Å². The van der Waals surface area contributed by atoms with Crippen molar-refractivity contribution in [3.63, 3.8) is 0 Å². The molecule has 0 saturated carbocycles. The predicted molar refractivity (Wildman–Crippen MR) is 96.4 cm³/mol. The number of nitrogens with one attached hydrogen (secondary N) is 1. The van der Waals surface area contributed by atoms with Crippen molar-refractivity contribution in [3.8, 4) is 5.75 Å². The number of hydrogen-bond acceptors (Lipinski definition) is 4. The third-order valence-electron chi connectivity index (χ3n) is 4.14. The fraction of sp³-hybridized carbons (Fsp3) is 0.588. The van der Waals surface area contributed by atoms with Gasteiger partial charge in [-0.25, -0.2) is 13.2 Å². The fourth-order valence-electron chi connectivity index (χ4n) is 2.72. The molecule has 1 aliphatic heterocycles. The van der Waals surface area contributed by atoms with E-state index < -0.39 is 10.0 Å². The first-order valence-electron chi connectivity index (χ1n) is 8.66. The van der Waals surface area contributed by atoms with E-state index in [0.717, 1.165) is 12.0 Å². The molecule has 8 heteroatoms. The summed E-state index contributed by atoms with van der Waals surface area (Å²) in [6.07, 6.45) is 0.872. The monoisotopic (exact) mass is 369 g/mol. The Labute approximate surface area is 150 Å². The van der Waals surface area contributed by atoms with Crippen molar-refractivity contribution < 1.29 is 17.9 Å². The first kappa shape index (κ1) is 19.5. The SMILES string of the molecule is CCCNC(=O)N1CCN(S(=O)(=O)c2ccc(OCC)c(C)c2)CC1. The maximum atomic E-state index is 12.8. The molecule has 1 heterocycles. The molecule has 1 fully saturated rings. The van der Waals surface area contributed by atoms with Crippen LogP contribution in [0, 0.1) is 6.92 Å². The summed E-state index contributed by atoms with van der Waals surface area (Å²) in [7, 11) is -3.56. The fourth-order valence-corrected chi connectivity index (χ4v) is 4.23. The van der Waals surface area contributed by atoms with Gasteiger partial charge in [0, 0.05) is 32.7 Å². The zero-order valence-corrected chi connectivity index (χ0v) is 15.9. The Morgan fingerprint density at radius 2 is 1.88 bits per heavy atom. The number of nitrogens with zero attached hydrogens (tertiary/aromatic N) is 2. The second-order valence-corrected chi connectivity index (χ2v) is 7.92. The lowest BCUT2D eigenvalue weighted by molar-refractivity contribution is 0.172. The summed E-state index contributed by atoms with van der Waals surface area (Å²) in [6.45, 7) is 8.26. The van der Waals surface area contributed by atoms with Crippen molar-refractivity contribution in [3.05, 3.63) is 23.8 Å². The van der Waals surface area contributed by atoms with E-state index in [1.54, 1.807) is 23.1 Å². The van der Waals surface area contributed by atoms with Crippen LogP contribution in [-0.2, 0) is 10.0 Å². The standard InChI is InChI=1S/C17H27N3O4S/c1-4-8-18-17(21)19-9-11-20(12-10-19)25(22,23)15-6-7-16(24-5-2)14(3)13-15/h6-7,13H,4-5,8-12H2,1-3H3,(H,18,21). The lowest BCUT2D eigenvalue weighted by atomic mass is 10.2. The first-order valence-corrected chi connectivity index (χ1v) is 10.1. The zero-order chi connectivity index (χ0) is 18.4. The van der Waals surface area contributed by atoms with Crippen molar-refractivity contribution in [1.29, 1.82) is 0 Å². The number of rotatable bonds is 6. The molecule has 2 amide bonds. The van der Waals surface area contributed by atoms with E-state index in [-0.39, 0.29) is 10.9 Å². The van der Waals surface area contributed by atoms with E-state index in [1.807, 2.05) is 20.8 Å². The molecule has 0 atom stereocenters. The normalized spacial score (nSPS) is 15.9. The van der Waals surface area contributed by atoms with E-state index in [0.29, 0.717) is 45.1 Å². The highest BCUT2D eigenvalue weighted by Gasteiger charge is 2.30. The third-order valence-corrected chi connectivity index (χ3v) is 6.03. The number of carbonyl (C=O) groups excluding carboxylic acids is 1. The van der Waals surface area contributed by atoms with Gasteiger partial charge in [0.2, 0.25) is 10.0 Å². The summed E-state index contributed by atoms with van der Waals surface area (Å²) < 4.78 is 32.5.